The van der Waals surface area contributed by atoms with E-state index in [4.69, 9.17) is 10.8 Å². The van der Waals surface area contributed by atoms with Crippen LogP contribution in [0.15, 0.2) is 24.3 Å². The minimum atomic E-state index is -0.931. The third-order valence-corrected chi connectivity index (χ3v) is 3.00. The molecule has 1 aromatic carbocycles. The third-order valence-electron chi connectivity index (χ3n) is 3.00. The van der Waals surface area contributed by atoms with Crippen molar-refractivity contribution in [1.29, 1.82) is 0 Å². The molecule has 1 atom stereocenters. The van der Waals surface area contributed by atoms with Crippen LogP contribution in [0.3, 0.4) is 0 Å². The molecule has 1 aromatic rings. The van der Waals surface area contributed by atoms with Gasteiger partial charge in [-0.1, -0.05) is 12.1 Å². The molecular formula is C15H22N2O3. The van der Waals surface area contributed by atoms with Crippen LogP contribution in [0.4, 0.5) is 0 Å². The van der Waals surface area contributed by atoms with E-state index in [0.29, 0.717) is 19.4 Å². The summed E-state index contributed by atoms with van der Waals surface area (Å²) in [6.07, 6.45) is 2.85. The van der Waals surface area contributed by atoms with Crippen molar-refractivity contribution >= 4 is 11.9 Å². The van der Waals surface area contributed by atoms with Gasteiger partial charge >= 0.3 is 5.97 Å². The molecular weight excluding hydrogens is 256 g/mol. The summed E-state index contributed by atoms with van der Waals surface area (Å²) < 4.78 is 0. The second-order valence-corrected chi connectivity index (χ2v) is 4.97. The van der Waals surface area contributed by atoms with E-state index in [0.717, 1.165) is 18.4 Å². The molecule has 20 heavy (non-hydrogen) atoms. The molecule has 1 amide bonds. The molecule has 0 saturated carbocycles. The van der Waals surface area contributed by atoms with Gasteiger partial charge in [-0.2, -0.15) is 0 Å². The highest BCUT2D eigenvalue weighted by atomic mass is 16.4. The second-order valence-electron chi connectivity index (χ2n) is 4.97. The van der Waals surface area contributed by atoms with Crippen LogP contribution < -0.4 is 11.1 Å². The SMILES string of the molecule is CC(N)CCCC(=O)NCCc1ccc(C(=O)O)cc1. The van der Waals surface area contributed by atoms with Crippen molar-refractivity contribution < 1.29 is 14.7 Å². The Kier molecular flexibility index (Phi) is 6.73. The summed E-state index contributed by atoms with van der Waals surface area (Å²) >= 11 is 0. The summed E-state index contributed by atoms with van der Waals surface area (Å²) in [4.78, 5) is 22.2. The number of carbonyl (C=O) groups excluding carboxylic acids is 1. The van der Waals surface area contributed by atoms with E-state index in [9.17, 15) is 9.59 Å². The van der Waals surface area contributed by atoms with Crippen molar-refractivity contribution in [3.8, 4) is 0 Å². The molecule has 0 aromatic heterocycles. The lowest BCUT2D eigenvalue weighted by molar-refractivity contribution is -0.121. The summed E-state index contributed by atoms with van der Waals surface area (Å²) in [7, 11) is 0. The Morgan fingerprint density at radius 3 is 2.50 bits per heavy atom. The number of hydrogen-bond donors (Lipinski definition) is 3. The van der Waals surface area contributed by atoms with E-state index in [1.54, 1.807) is 24.3 Å². The Bertz CT molecular complexity index is 441. The first kappa shape index (κ1) is 16.2. The zero-order valence-corrected chi connectivity index (χ0v) is 11.8. The molecule has 0 heterocycles. The first-order valence-corrected chi connectivity index (χ1v) is 6.83. The van der Waals surface area contributed by atoms with E-state index in [2.05, 4.69) is 5.32 Å². The standard InChI is InChI=1S/C15H22N2O3/c1-11(16)3-2-4-14(18)17-10-9-12-5-7-13(8-6-12)15(19)20/h5-8,11H,2-4,9-10,16H2,1H3,(H,17,18)(H,19,20). The minimum Gasteiger partial charge on any atom is -0.478 e. The lowest BCUT2D eigenvalue weighted by atomic mass is 10.1. The van der Waals surface area contributed by atoms with Crippen LogP contribution >= 0.6 is 0 Å². The Morgan fingerprint density at radius 2 is 1.95 bits per heavy atom. The van der Waals surface area contributed by atoms with Gasteiger partial charge in [-0.3, -0.25) is 4.79 Å². The van der Waals surface area contributed by atoms with Gasteiger partial charge in [0.2, 0.25) is 5.91 Å². The lowest BCUT2D eigenvalue weighted by Crippen LogP contribution is -2.26. The van der Waals surface area contributed by atoms with Gasteiger partial charge in [-0.05, 0) is 43.9 Å². The molecule has 0 radical (unpaired) electrons. The van der Waals surface area contributed by atoms with Gasteiger partial charge in [0.15, 0.2) is 0 Å². The average molecular weight is 278 g/mol. The fourth-order valence-corrected chi connectivity index (χ4v) is 1.83. The normalized spacial score (nSPS) is 11.9. The molecule has 5 heteroatoms. The molecule has 0 saturated heterocycles. The van der Waals surface area contributed by atoms with E-state index in [1.807, 2.05) is 6.92 Å². The molecule has 1 unspecified atom stereocenters. The first-order valence-electron chi connectivity index (χ1n) is 6.83. The predicted molar refractivity (Wildman–Crippen MR) is 77.6 cm³/mol. The van der Waals surface area contributed by atoms with Gasteiger partial charge in [0.1, 0.15) is 0 Å². The average Bonchev–Trinajstić information content (AvgIpc) is 2.39. The molecule has 0 aliphatic carbocycles. The number of aromatic carboxylic acids is 1. The summed E-state index contributed by atoms with van der Waals surface area (Å²) in [5.41, 5.74) is 6.89. The zero-order valence-electron chi connectivity index (χ0n) is 11.8. The van der Waals surface area contributed by atoms with E-state index in [-0.39, 0.29) is 17.5 Å². The molecule has 110 valence electrons. The van der Waals surface area contributed by atoms with Crippen LogP contribution in [0.1, 0.15) is 42.1 Å². The lowest BCUT2D eigenvalue weighted by Gasteiger charge is -2.07. The van der Waals surface area contributed by atoms with Crippen molar-refractivity contribution in [3.63, 3.8) is 0 Å². The number of nitrogens with two attached hydrogens (primary N) is 1. The van der Waals surface area contributed by atoms with Gasteiger partial charge in [-0.15, -0.1) is 0 Å². The summed E-state index contributed by atoms with van der Waals surface area (Å²) in [6, 6.07) is 6.82. The minimum absolute atomic E-state index is 0.0350. The van der Waals surface area contributed by atoms with Gasteiger partial charge in [0.05, 0.1) is 5.56 Å². The highest BCUT2D eigenvalue weighted by Gasteiger charge is 2.04. The maximum Gasteiger partial charge on any atom is 0.335 e. The topological polar surface area (TPSA) is 92.4 Å². The van der Waals surface area contributed by atoms with Gasteiger partial charge in [-0.25, -0.2) is 4.79 Å². The fourth-order valence-electron chi connectivity index (χ4n) is 1.83. The molecule has 0 aliphatic heterocycles. The maximum atomic E-state index is 11.5. The number of carbonyl (C=O) groups is 2. The van der Waals surface area contributed by atoms with Crippen LogP contribution in [-0.2, 0) is 11.2 Å². The second kappa shape index (κ2) is 8.32. The summed E-state index contributed by atoms with van der Waals surface area (Å²) in [6.45, 7) is 2.49. The Labute approximate surface area is 119 Å². The molecule has 5 nitrogen and oxygen atoms in total. The molecule has 1 rings (SSSR count). The van der Waals surface area contributed by atoms with Crippen molar-refractivity contribution in [2.24, 2.45) is 5.73 Å². The number of carboxylic acid groups (broad SMARTS) is 1. The third kappa shape index (κ3) is 6.33. The molecule has 0 aliphatic rings. The van der Waals surface area contributed by atoms with Crippen molar-refractivity contribution in [2.75, 3.05) is 6.54 Å². The van der Waals surface area contributed by atoms with Crippen LogP contribution in [0.25, 0.3) is 0 Å². The highest BCUT2D eigenvalue weighted by Crippen LogP contribution is 2.05. The smallest absolute Gasteiger partial charge is 0.335 e. The van der Waals surface area contributed by atoms with Crippen molar-refractivity contribution in [3.05, 3.63) is 35.4 Å². The van der Waals surface area contributed by atoms with Gasteiger partial charge in [0, 0.05) is 19.0 Å². The van der Waals surface area contributed by atoms with Gasteiger partial charge in [0.25, 0.3) is 0 Å². The quantitative estimate of drug-likeness (QED) is 0.673. The molecule has 0 fully saturated rings. The number of nitrogens with one attached hydrogen (secondary N) is 1. The summed E-state index contributed by atoms with van der Waals surface area (Å²) in [5.74, 6) is -0.896. The van der Waals surface area contributed by atoms with Crippen LogP contribution in [0, 0.1) is 0 Å². The Balaban J connectivity index is 2.23. The fraction of sp³-hybridized carbons (Fsp3) is 0.467. The van der Waals surface area contributed by atoms with E-state index < -0.39 is 5.97 Å². The van der Waals surface area contributed by atoms with E-state index >= 15 is 0 Å². The maximum absolute atomic E-state index is 11.5. The van der Waals surface area contributed by atoms with Gasteiger partial charge < -0.3 is 16.2 Å². The van der Waals surface area contributed by atoms with Crippen LogP contribution in [-0.4, -0.2) is 29.6 Å². The van der Waals surface area contributed by atoms with Crippen LogP contribution in [0.5, 0.6) is 0 Å². The van der Waals surface area contributed by atoms with Crippen molar-refractivity contribution in [2.45, 2.75) is 38.6 Å². The zero-order chi connectivity index (χ0) is 15.0. The molecule has 4 N–H and O–H groups in total. The number of rotatable bonds is 8. The molecule has 0 spiro atoms. The monoisotopic (exact) mass is 278 g/mol. The highest BCUT2D eigenvalue weighted by molar-refractivity contribution is 5.87. The first-order chi connectivity index (χ1) is 9.49. The number of benzene rings is 1. The number of carboxylic acids is 1. The van der Waals surface area contributed by atoms with Crippen molar-refractivity contribution in [1.82, 2.24) is 5.32 Å². The Morgan fingerprint density at radius 1 is 1.30 bits per heavy atom. The molecule has 0 bridgehead atoms. The summed E-state index contributed by atoms with van der Waals surface area (Å²) in [5, 5.41) is 11.6. The van der Waals surface area contributed by atoms with E-state index in [1.165, 1.54) is 0 Å². The number of amides is 1. The number of hydrogen-bond acceptors (Lipinski definition) is 3. The Hall–Kier alpha value is -1.88. The largest absolute Gasteiger partial charge is 0.478 e. The van der Waals surface area contributed by atoms with Crippen LogP contribution in [0.2, 0.25) is 0 Å². The predicted octanol–water partition coefficient (Wildman–Crippen LogP) is 1.56.